The van der Waals surface area contributed by atoms with E-state index < -0.39 is 32.1 Å². The third kappa shape index (κ3) is 3.22. The SMILES string of the molecule is CC1=C[C@]2(C)[C@H](COC(=O)c3cc([N+](=O)[O-])cc([N+](=O)[O-])c3)[C@@H]3[C@H]1[C@]3(C)[C@H]2c1ccc([N+](=O)[O-])cc1. The monoisotopic (exact) mass is 493 g/mol. The van der Waals surface area contributed by atoms with Gasteiger partial charge in [-0.3, -0.25) is 30.3 Å². The number of nitrogens with zero attached hydrogens (tertiary/aromatic N) is 3. The maximum Gasteiger partial charge on any atom is 0.338 e. The molecule has 6 atom stereocenters. The number of hydrogen-bond acceptors (Lipinski definition) is 8. The van der Waals surface area contributed by atoms with Gasteiger partial charge in [0.2, 0.25) is 0 Å². The van der Waals surface area contributed by atoms with Gasteiger partial charge in [0.1, 0.15) is 0 Å². The molecule has 4 aliphatic carbocycles. The summed E-state index contributed by atoms with van der Waals surface area (Å²) < 4.78 is 5.61. The molecule has 0 radical (unpaired) electrons. The van der Waals surface area contributed by atoms with Gasteiger partial charge in [0.15, 0.2) is 0 Å². The lowest BCUT2D eigenvalue weighted by Gasteiger charge is -2.45. The van der Waals surface area contributed by atoms with Crippen LogP contribution in [-0.4, -0.2) is 27.3 Å². The molecule has 0 aliphatic heterocycles. The maximum atomic E-state index is 12.8. The van der Waals surface area contributed by atoms with Gasteiger partial charge < -0.3 is 4.74 Å². The van der Waals surface area contributed by atoms with Crippen LogP contribution in [0.4, 0.5) is 17.1 Å². The van der Waals surface area contributed by atoms with Gasteiger partial charge >= 0.3 is 5.97 Å². The summed E-state index contributed by atoms with van der Waals surface area (Å²) in [5, 5.41) is 33.5. The molecule has 2 aromatic carbocycles. The Balaban J connectivity index is 1.42. The van der Waals surface area contributed by atoms with Crippen LogP contribution in [0, 0.1) is 58.9 Å². The number of non-ortho nitro benzene ring substituents is 3. The summed E-state index contributed by atoms with van der Waals surface area (Å²) in [7, 11) is 0. The number of ether oxygens (including phenoxy) is 1. The molecule has 11 heteroatoms. The topological polar surface area (TPSA) is 156 Å². The summed E-state index contributed by atoms with van der Waals surface area (Å²) in [6, 6.07) is 9.35. The fourth-order valence-electron chi connectivity index (χ4n) is 7.38. The summed E-state index contributed by atoms with van der Waals surface area (Å²) >= 11 is 0. The van der Waals surface area contributed by atoms with Gasteiger partial charge in [-0.15, -0.1) is 0 Å². The predicted octanol–water partition coefficient (Wildman–Crippen LogP) is 5.20. The number of hydrogen-bond donors (Lipinski definition) is 0. The first-order valence-corrected chi connectivity index (χ1v) is 11.4. The minimum Gasteiger partial charge on any atom is -0.462 e. The molecule has 0 unspecified atom stereocenters. The number of allylic oxidation sites excluding steroid dienone is 2. The molecule has 186 valence electrons. The summed E-state index contributed by atoms with van der Waals surface area (Å²) in [5.74, 6) is -0.314. The van der Waals surface area contributed by atoms with Gasteiger partial charge in [-0.2, -0.15) is 0 Å². The predicted molar refractivity (Wildman–Crippen MR) is 126 cm³/mol. The third-order valence-electron chi connectivity index (χ3n) is 8.54. The van der Waals surface area contributed by atoms with Crippen LogP contribution in [0.2, 0.25) is 0 Å². The van der Waals surface area contributed by atoms with Crippen LogP contribution in [-0.2, 0) is 4.74 Å². The van der Waals surface area contributed by atoms with Gasteiger partial charge in [0.05, 0.1) is 33.0 Å². The van der Waals surface area contributed by atoms with Gasteiger partial charge in [0.25, 0.3) is 17.1 Å². The molecule has 36 heavy (non-hydrogen) atoms. The van der Waals surface area contributed by atoms with Crippen LogP contribution >= 0.6 is 0 Å². The lowest BCUT2D eigenvalue weighted by atomic mass is 9.59. The number of carbonyl (C=O) groups is 1. The molecule has 2 fully saturated rings. The number of rotatable bonds is 7. The van der Waals surface area contributed by atoms with Gasteiger partial charge in [-0.05, 0) is 41.1 Å². The number of nitro benzene ring substituents is 3. The van der Waals surface area contributed by atoms with Crippen molar-refractivity contribution < 1.29 is 24.3 Å². The van der Waals surface area contributed by atoms with Crippen LogP contribution in [0.3, 0.4) is 0 Å². The van der Waals surface area contributed by atoms with Crippen molar-refractivity contribution in [3.63, 3.8) is 0 Å². The number of nitro groups is 3. The first-order valence-electron chi connectivity index (χ1n) is 11.4. The standard InChI is InChI=1S/C25H23N3O8/c1-13-11-24(2)19(12-36-23(29)15-8-17(27(32)33)10-18(9-15)28(34)35)21-20(13)25(21,3)22(24)14-4-6-16(7-5-14)26(30)31/h4-11,19-22H,12H2,1-3H3/t19-,20+,21-,22+,24-,25+/m1/s1. The molecule has 0 aromatic heterocycles. The molecular weight excluding hydrogens is 470 g/mol. The molecule has 0 amide bonds. The Hall–Kier alpha value is -4.15. The second-order valence-corrected chi connectivity index (χ2v) is 10.4. The fraction of sp³-hybridized carbons (Fsp3) is 0.400. The highest BCUT2D eigenvalue weighted by Gasteiger charge is 2.80. The molecule has 0 heterocycles. The Morgan fingerprint density at radius 3 is 2.00 bits per heavy atom. The molecule has 4 bridgehead atoms. The highest BCUT2D eigenvalue weighted by Crippen LogP contribution is 2.85. The highest BCUT2D eigenvalue weighted by molar-refractivity contribution is 5.91. The Morgan fingerprint density at radius 2 is 1.47 bits per heavy atom. The van der Waals surface area contributed by atoms with Crippen molar-refractivity contribution in [1.29, 1.82) is 0 Å². The average Bonchev–Trinajstić information content (AvgIpc) is 3.39. The van der Waals surface area contributed by atoms with Crippen LogP contribution in [0.5, 0.6) is 0 Å². The Kier molecular flexibility index (Phi) is 5.03. The average molecular weight is 493 g/mol. The first kappa shape index (κ1) is 23.6. The van der Waals surface area contributed by atoms with E-state index in [1.807, 2.05) is 0 Å². The maximum absolute atomic E-state index is 12.8. The molecule has 0 saturated heterocycles. The fourth-order valence-corrected chi connectivity index (χ4v) is 7.38. The number of carbonyl (C=O) groups excluding carboxylic acids is 1. The number of esters is 1. The summed E-state index contributed by atoms with van der Waals surface area (Å²) in [5.41, 5.74) is 0.442. The van der Waals surface area contributed by atoms with Gasteiger partial charge in [0, 0.05) is 30.2 Å². The van der Waals surface area contributed by atoms with Crippen molar-refractivity contribution in [2.75, 3.05) is 6.61 Å². The molecule has 0 spiro atoms. The zero-order valence-corrected chi connectivity index (χ0v) is 19.7. The molecule has 0 N–H and O–H groups in total. The van der Waals surface area contributed by atoms with Crippen molar-refractivity contribution in [1.82, 2.24) is 0 Å². The zero-order chi connectivity index (χ0) is 26.2. The summed E-state index contributed by atoms with van der Waals surface area (Å²) in [4.78, 5) is 44.3. The largest absolute Gasteiger partial charge is 0.462 e. The van der Waals surface area contributed by atoms with E-state index in [0.717, 1.165) is 23.8 Å². The third-order valence-corrected chi connectivity index (χ3v) is 8.54. The van der Waals surface area contributed by atoms with Crippen LogP contribution in [0.1, 0.15) is 42.6 Å². The van der Waals surface area contributed by atoms with E-state index in [0.29, 0.717) is 5.92 Å². The summed E-state index contributed by atoms with van der Waals surface area (Å²) in [6.45, 7) is 6.45. The second-order valence-electron chi connectivity index (χ2n) is 10.4. The normalized spacial score (nSPS) is 31.4. The minimum atomic E-state index is -0.858. The van der Waals surface area contributed by atoms with Gasteiger partial charge in [-0.25, -0.2) is 4.79 Å². The lowest BCUT2D eigenvalue weighted by Crippen LogP contribution is -2.39. The molecule has 11 nitrogen and oxygen atoms in total. The molecular formula is C25H23N3O8. The molecule has 2 aromatic rings. The van der Waals surface area contributed by atoms with Gasteiger partial charge in [-0.1, -0.05) is 37.6 Å². The molecule has 6 rings (SSSR count). The summed E-state index contributed by atoms with van der Waals surface area (Å²) in [6.07, 6.45) is 2.21. The van der Waals surface area contributed by atoms with Crippen molar-refractivity contribution in [2.24, 2.45) is 28.6 Å². The van der Waals surface area contributed by atoms with Crippen molar-refractivity contribution in [3.8, 4) is 0 Å². The van der Waals surface area contributed by atoms with Crippen molar-refractivity contribution >= 4 is 23.0 Å². The molecule has 2 saturated carbocycles. The zero-order valence-electron chi connectivity index (χ0n) is 19.7. The van der Waals surface area contributed by atoms with E-state index in [4.69, 9.17) is 4.74 Å². The number of benzene rings is 2. The lowest BCUT2D eigenvalue weighted by molar-refractivity contribution is -0.394. The second kappa shape index (κ2) is 7.67. The van der Waals surface area contributed by atoms with Crippen molar-refractivity contribution in [3.05, 3.63) is 95.6 Å². The van der Waals surface area contributed by atoms with Crippen LogP contribution < -0.4 is 0 Å². The van der Waals surface area contributed by atoms with Crippen LogP contribution in [0.15, 0.2) is 54.1 Å². The minimum absolute atomic E-state index is 0.0211. The quantitative estimate of drug-likeness (QED) is 0.220. The van der Waals surface area contributed by atoms with E-state index in [-0.39, 0.29) is 46.4 Å². The first-order chi connectivity index (χ1) is 16.9. The van der Waals surface area contributed by atoms with E-state index in [2.05, 4.69) is 26.8 Å². The van der Waals surface area contributed by atoms with E-state index in [9.17, 15) is 35.1 Å². The Morgan fingerprint density at radius 1 is 0.917 bits per heavy atom. The van der Waals surface area contributed by atoms with E-state index in [1.165, 1.54) is 17.7 Å². The highest BCUT2D eigenvalue weighted by atomic mass is 16.6. The van der Waals surface area contributed by atoms with E-state index in [1.54, 1.807) is 12.1 Å². The van der Waals surface area contributed by atoms with Crippen molar-refractivity contribution in [2.45, 2.75) is 26.7 Å². The Bertz CT molecular complexity index is 1340. The van der Waals surface area contributed by atoms with Crippen LogP contribution in [0.25, 0.3) is 0 Å². The smallest absolute Gasteiger partial charge is 0.338 e. The van der Waals surface area contributed by atoms with E-state index >= 15 is 0 Å². The molecule has 4 aliphatic rings. The Labute approximate surface area is 205 Å².